The van der Waals surface area contributed by atoms with Crippen LogP contribution in [0.2, 0.25) is 0 Å². The summed E-state index contributed by atoms with van der Waals surface area (Å²) in [5.41, 5.74) is 1.79. The van der Waals surface area contributed by atoms with E-state index in [-0.39, 0.29) is 0 Å². The smallest absolute Gasteiger partial charge is 0.197 e. The fraction of sp³-hybridized carbons (Fsp3) is 0.300. The van der Waals surface area contributed by atoms with Gasteiger partial charge in [-0.05, 0) is 22.4 Å². The molecular formula is C10H10BrN5S2. The first-order valence-corrected chi connectivity index (χ1v) is 7.99. The molecule has 0 radical (unpaired) electrons. The normalized spacial score (nSPS) is 15.1. The molecule has 0 aliphatic carbocycles. The molecule has 2 aromatic heterocycles. The van der Waals surface area contributed by atoms with Crippen LogP contribution in [0.15, 0.2) is 19.7 Å². The number of anilines is 1. The molecule has 0 spiro atoms. The molecule has 0 fully saturated rings. The summed E-state index contributed by atoms with van der Waals surface area (Å²) in [4.78, 5) is 13.2. The molecule has 1 aliphatic heterocycles. The molecule has 0 bridgehead atoms. The zero-order chi connectivity index (χ0) is 12.4. The fourth-order valence-corrected chi connectivity index (χ4v) is 3.24. The minimum Gasteiger partial charge on any atom is -0.356 e. The topological polar surface area (TPSA) is 62.2 Å². The Bertz CT molecular complexity index is 576. The average molecular weight is 344 g/mol. The van der Waals surface area contributed by atoms with Gasteiger partial charge in [-0.2, -0.15) is 0 Å². The molecule has 0 amide bonds. The maximum atomic E-state index is 4.50. The fourth-order valence-electron chi connectivity index (χ4n) is 1.54. The first-order valence-electron chi connectivity index (χ1n) is 5.43. The van der Waals surface area contributed by atoms with Crippen LogP contribution >= 0.6 is 38.6 Å². The number of aromatic nitrogens is 2. The number of guanidine groups is 1. The SMILES string of the molecule is Brc1nc(-c2csc(NC3=NCCCN3)n2)cs1. The molecule has 2 N–H and O–H groups in total. The highest BCUT2D eigenvalue weighted by atomic mass is 79.9. The van der Waals surface area contributed by atoms with Crippen molar-refractivity contribution < 1.29 is 0 Å². The van der Waals surface area contributed by atoms with E-state index < -0.39 is 0 Å². The Labute approximate surface area is 121 Å². The number of nitrogens with one attached hydrogen (secondary N) is 2. The van der Waals surface area contributed by atoms with Crippen molar-refractivity contribution in [3.63, 3.8) is 0 Å². The van der Waals surface area contributed by atoms with Crippen molar-refractivity contribution in [2.75, 3.05) is 18.4 Å². The molecule has 0 atom stereocenters. The van der Waals surface area contributed by atoms with Gasteiger partial charge in [0.2, 0.25) is 0 Å². The van der Waals surface area contributed by atoms with E-state index in [1.165, 1.54) is 0 Å². The van der Waals surface area contributed by atoms with Crippen molar-refractivity contribution in [2.45, 2.75) is 6.42 Å². The predicted molar refractivity (Wildman–Crippen MR) is 79.5 cm³/mol. The highest BCUT2D eigenvalue weighted by Gasteiger charge is 2.10. The second kappa shape index (κ2) is 5.33. The minimum atomic E-state index is 0.807. The Morgan fingerprint density at radius 1 is 1.22 bits per heavy atom. The third kappa shape index (κ3) is 2.70. The molecule has 2 aromatic rings. The quantitative estimate of drug-likeness (QED) is 0.879. The molecule has 0 aromatic carbocycles. The summed E-state index contributed by atoms with van der Waals surface area (Å²) in [5, 5.41) is 11.2. The summed E-state index contributed by atoms with van der Waals surface area (Å²) in [6, 6.07) is 0. The van der Waals surface area contributed by atoms with Crippen LogP contribution < -0.4 is 10.6 Å². The van der Waals surface area contributed by atoms with Crippen LogP contribution in [0.25, 0.3) is 11.4 Å². The van der Waals surface area contributed by atoms with Crippen LogP contribution in [0, 0.1) is 0 Å². The van der Waals surface area contributed by atoms with Crippen molar-refractivity contribution in [3.05, 3.63) is 14.7 Å². The molecule has 5 nitrogen and oxygen atoms in total. The first kappa shape index (κ1) is 12.1. The number of hydrogen-bond acceptors (Lipinski definition) is 7. The van der Waals surface area contributed by atoms with Gasteiger partial charge in [-0.1, -0.05) is 0 Å². The highest BCUT2D eigenvalue weighted by Crippen LogP contribution is 2.27. The zero-order valence-corrected chi connectivity index (χ0v) is 12.5. The van der Waals surface area contributed by atoms with Crippen LogP contribution in [-0.2, 0) is 0 Å². The van der Waals surface area contributed by atoms with Gasteiger partial charge in [0.25, 0.3) is 0 Å². The van der Waals surface area contributed by atoms with Crippen LogP contribution in [-0.4, -0.2) is 29.0 Å². The third-order valence-corrected chi connectivity index (χ3v) is 4.49. The van der Waals surface area contributed by atoms with Crippen molar-refractivity contribution in [2.24, 2.45) is 4.99 Å². The van der Waals surface area contributed by atoms with Gasteiger partial charge in [-0.3, -0.25) is 4.99 Å². The Morgan fingerprint density at radius 3 is 2.78 bits per heavy atom. The van der Waals surface area contributed by atoms with E-state index >= 15 is 0 Å². The van der Waals surface area contributed by atoms with Gasteiger partial charge in [0.15, 0.2) is 15.0 Å². The van der Waals surface area contributed by atoms with E-state index in [2.05, 4.69) is 41.5 Å². The van der Waals surface area contributed by atoms with E-state index in [0.29, 0.717) is 0 Å². The molecule has 3 heterocycles. The van der Waals surface area contributed by atoms with Gasteiger partial charge >= 0.3 is 0 Å². The van der Waals surface area contributed by atoms with Gasteiger partial charge < -0.3 is 10.6 Å². The van der Waals surface area contributed by atoms with Crippen molar-refractivity contribution >= 4 is 49.7 Å². The zero-order valence-electron chi connectivity index (χ0n) is 9.31. The van der Waals surface area contributed by atoms with Gasteiger partial charge in [0.05, 0.1) is 0 Å². The summed E-state index contributed by atoms with van der Waals surface area (Å²) in [6.45, 7) is 1.83. The molecule has 3 rings (SSSR count). The summed E-state index contributed by atoms with van der Waals surface area (Å²) in [6.07, 6.45) is 1.08. The molecule has 0 unspecified atom stereocenters. The summed E-state index contributed by atoms with van der Waals surface area (Å²) >= 11 is 6.47. The second-order valence-corrected chi connectivity index (χ2v) is 6.65. The lowest BCUT2D eigenvalue weighted by Gasteiger charge is -2.13. The minimum absolute atomic E-state index is 0.807. The number of hydrogen-bond donors (Lipinski definition) is 2. The Kier molecular flexibility index (Phi) is 3.57. The average Bonchev–Trinajstić information content (AvgIpc) is 2.99. The number of rotatable bonds is 2. The van der Waals surface area contributed by atoms with Gasteiger partial charge in [-0.15, -0.1) is 22.7 Å². The summed E-state index contributed by atoms with van der Waals surface area (Å²) in [7, 11) is 0. The van der Waals surface area contributed by atoms with Crippen LogP contribution in [0.5, 0.6) is 0 Å². The van der Waals surface area contributed by atoms with Crippen LogP contribution in [0.1, 0.15) is 6.42 Å². The maximum Gasteiger partial charge on any atom is 0.197 e. The van der Waals surface area contributed by atoms with Crippen LogP contribution in [0.4, 0.5) is 5.13 Å². The van der Waals surface area contributed by atoms with E-state index in [0.717, 1.165) is 45.9 Å². The van der Waals surface area contributed by atoms with Gasteiger partial charge in [0, 0.05) is 23.8 Å². The van der Waals surface area contributed by atoms with Gasteiger partial charge in [-0.25, -0.2) is 9.97 Å². The lowest BCUT2D eigenvalue weighted by Crippen LogP contribution is -2.35. The number of thiazole rings is 2. The standard InChI is InChI=1S/C10H10BrN5S2/c11-8-14-6(4-17-8)7-5-18-10(15-7)16-9-12-2-1-3-13-9/h4-5H,1-3H2,(H2,12,13,15,16). The maximum absolute atomic E-state index is 4.50. The van der Waals surface area contributed by atoms with E-state index in [4.69, 9.17) is 0 Å². The van der Waals surface area contributed by atoms with Crippen molar-refractivity contribution in [1.82, 2.24) is 15.3 Å². The molecule has 1 aliphatic rings. The number of halogens is 1. The lowest BCUT2D eigenvalue weighted by atomic mass is 10.4. The summed E-state index contributed by atoms with van der Waals surface area (Å²) < 4.78 is 0.873. The number of aliphatic imine (C=N–C) groups is 1. The lowest BCUT2D eigenvalue weighted by molar-refractivity contribution is 0.740. The van der Waals surface area contributed by atoms with Crippen molar-refractivity contribution in [1.29, 1.82) is 0 Å². The molecule has 0 saturated heterocycles. The third-order valence-electron chi connectivity index (χ3n) is 2.37. The Hall–Kier alpha value is -0.990. The molecule has 94 valence electrons. The molecular weight excluding hydrogens is 334 g/mol. The Balaban J connectivity index is 1.75. The predicted octanol–water partition coefficient (Wildman–Crippen LogP) is 2.79. The molecule has 8 heteroatoms. The van der Waals surface area contributed by atoms with Crippen molar-refractivity contribution in [3.8, 4) is 11.4 Å². The van der Waals surface area contributed by atoms with E-state index in [1.807, 2.05) is 10.8 Å². The second-order valence-electron chi connectivity index (χ2n) is 3.66. The monoisotopic (exact) mass is 343 g/mol. The van der Waals surface area contributed by atoms with E-state index in [1.54, 1.807) is 22.7 Å². The Morgan fingerprint density at radius 2 is 2.06 bits per heavy atom. The number of nitrogens with zero attached hydrogens (tertiary/aromatic N) is 3. The van der Waals surface area contributed by atoms with Crippen LogP contribution in [0.3, 0.4) is 0 Å². The highest BCUT2D eigenvalue weighted by molar-refractivity contribution is 9.11. The molecule has 0 saturated carbocycles. The van der Waals surface area contributed by atoms with E-state index in [9.17, 15) is 0 Å². The first-order chi connectivity index (χ1) is 8.81. The van der Waals surface area contributed by atoms with Gasteiger partial charge in [0.1, 0.15) is 11.4 Å². The largest absolute Gasteiger partial charge is 0.356 e. The summed E-state index contributed by atoms with van der Waals surface area (Å²) in [5.74, 6) is 0.807. The molecule has 18 heavy (non-hydrogen) atoms.